The van der Waals surface area contributed by atoms with Gasteiger partial charge in [0, 0.05) is 24.0 Å². The topological polar surface area (TPSA) is 87.3 Å². The second kappa shape index (κ2) is 8.22. The Balaban J connectivity index is 0.00000225. The van der Waals surface area contributed by atoms with E-state index in [0.29, 0.717) is 5.02 Å². The molecule has 1 aliphatic heterocycles. The standard InChI is InChI=1S/C16H22ClN3O3S.ClH/c17-12-2-1-3-13(10-12)24(22,23)20-9-8-19-15(21)14-11-16(14)4-6-18-7-5-16;/h1-3,10,14,18,20H,4-9,11H2,(H,19,21);1H. The van der Waals surface area contributed by atoms with Crippen molar-refractivity contribution in [2.45, 2.75) is 24.2 Å². The molecule has 6 nitrogen and oxygen atoms in total. The fourth-order valence-electron chi connectivity index (χ4n) is 3.41. The molecule has 1 saturated carbocycles. The summed E-state index contributed by atoms with van der Waals surface area (Å²) in [6, 6.07) is 6.09. The normalized spacial score (nSPS) is 21.4. The molecule has 2 aliphatic rings. The van der Waals surface area contributed by atoms with Gasteiger partial charge in [-0.05, 0) is 56.0 Å². The largest absolute Gasteiger partial charge is 0.355 e. The van der Waals surface area contributed by atoms with Crippen molar-refractivity contribution < 1.29 is 13.2 Å². The molecule has 1 heterocycles. The molecule has 1 aliphatic carbocycles. The molecular formula is C16H23Cl2N3O3S. The van der Waals surface area contributed by atoms with Gasteiger partial charge in [-0.1, -0.05) is 17.7 Å². The Bertz CT molecular complexity index is 721. The van der Waals surface area contributed by atoms with Crippen LogP contribution < -0.4 is 15.4 Å². The van der Waals surface area contributed by atoms with Crippen LogP contribution in [0.25, 0.3) is 0 Å². The maximum absolute atomic E-state index is 12.2. The van der Waals surface area contributed by atoms with E-state index in [-0.39, 0.29) is 47.6 Å². The van der Waals surface area contributed by atoms with E-state index >= 15 is 0 Å². The first kappa shape index (κ1) is 20.5. The molecule has 0 aromatic heterocycles. The highest BCUT2D eigenvalue weighted by molar-refractivity contribution is 7.89. The molecule has 0 radical (unpaired) electrons. The zero-order valence-electron chi connectivity index (χ0n) is 13.8. The van der Waals surface area contributed by atoms with E-state index < -0.39 is 10.0 Å². The second-order valence-electron chi connectivity index (χ2n) is 6.52. The van der Waals surface area contributed by atoms with E-state index in [0.717, 1.165) is 32.4 Å². The number of hydrogen-bond donors (Lipinski definition) is 3. The number of amides is 1. The van der Waals surface area contributed by atoms with Crippen molar-refractivity contribution in [2.24, 2.45) is 11.3 Å². The van der Waals surface area contributed by atoms with Gasteiger partial charge in [0.15, 0.2) is 0 Å². The Morgan fingerprint density at radius 2 is 2.00 bits per heavy atom. The van der Waals surface area contributed by atoms with Crippen molar-refractivity contribution >= 4 is 39.9 Å². The summed E-state index contributed by atoms with van der Waals surface area (Å²) >= 11 is 5.81. The summed E-state index contributed by atoms with van der Waals surface area (Å²) in [5, 5.41) is 6.52. The molecule has 25 heavy (non-hydrogen) atoms. The van der Waals surface area contributed by atoms with Crippen molar-refractivity contribution in [2.75, 3.05) is 26.2 Å². The van der Waals surface area contributed by atoms with Crippen LogP contribution in [-0.4, -0.2) is 40.5 Å². The van der Waals surface area contributed by atoms with Crippen molar-refractivity contribution in [3.05, 3.63) is 29.3 Å². The fourth-order valence-corrected chi connectivity index (χ4v) is 4.74. The van der Waals surface area contributed by atoms with Gasteiger partial charge >= 0.3 is 0 Å². The SMILES string of the molecule is Cl.O=C(NCCNS(=O)(=O)c1cccc(Cl)c1)C1CC12CCNCC2. The number of rotatable bonds is 6. The third-order valence-corrected chi connectivity index (χ3v) is 6.62. The van der Waals surface area contributed by atoms with Gasteiger partial charge in [0.25, 0.3) is 0 Å². The molecule has 0 bridgehead atoms. The molecule has 2 fully saturated rings. The third kappa shape index (κ3) is 4.86. The van der Waals surface area contributed by atoms with Crippen LogP contribution in [0.3, 0.4) is 0 Å². The van der Waals surface area contributed by atoms with E-state index in [4.69, 9.17) is 11.6 Å². The second-order valence-corrected chi connectivity index (χ2v) is 8.72. The summed E-state index contributed by atoms with van der Waals surface area (Å²) in [5.74, 6) is 0.128. The molecular weight excluding hydrogens is 385 g/mol. The molecule has 9 heteroatoms. The number of benzene rings is 1. The van der Waals surface area contributed by atoms with Gasteiger partial charge in [0.05, 0.1) is 4.90 Å². The van der Waals surface area contributed by atoms with Gasteiger partial charge in [-0.3, -0.25) is 4.79 Å². The number of hydrogen-bond acceptors (Lipinski definition) is 4. The highest BCUT2D eigenvalue weighted by Gasteiger charge is 2.57. The summed E-state index contributed by atoms with van der Waals surface area (Å²) in [6.07, 6.45) is 3.05. The Hall–Kier alpha value is -0.860. The van der Waals surface area contributed by atoms with Crippen LogP contribution >= 0.6 is 24.0 Å². The van der Waals surface area contributed by atoms with E-state index in [1.807, 2.05) is 0 Å². The van der Waals surface area contributed by atoms with Crippen LogP contribution in [0.1, 0.15) is 19.3 Å². The van der Waals surface area contributed by atoms with E-state index in [2.05, 4.69) is 15.4 Å². The molecule has 1 atom stereocenters. The van der Waals surface area contributed by atoms with Crippen LogP contribution in [-0.2, 0) is 14.8 Å². The average Bonchev–Trinajstić information content (AvgIpc) is 3.25. The van der Waals surface area contributed by atoms with Gasteiger partial charge in [-0.15, -0.1) is 12.4 Å². The number of carbonyl (C=O) groups is 1. The van der Waals surface area contributed by atoms with E-state index in [1.54, 1.807) is 12.1 Å². The minimum Gasteiger partial charge on any atom is -0.355 e. The minimum absolute atomic E-state index is 0. The quantitative estimate of drug-likeness (QED) is 0.624. The minimum atomic E-state index is -3.61. The predicted octanol–water partition coefficient (Wildman–Crippen LogP) is 1.55. The lowest BCUT2D eigenvalue weighted by Crippen LogP contribution is -2.37. The number of carbonyl (C=O) groups excluding carboxylic acids is 1. The van der Waals surface area contributed by atoms with Gasteiger partial charge in [0.1, 0.15) is 0 Å². The molecule has 1 aromatic rings. The summed E-state index contributed by atoms with van der Waals surface area (Å²) in [4.78, 5) is 12.3. The molecule has 140 valence electrons. The van der Waals surface area contributed by atoms with E-state index in [1.165, 1.54) is 12.1 Å². The zero-order valence-corrected chi connectivity index (χ0v) is 16.1. The Morgan fingerprint density at radius 1 is 1.28 bits per heavy atom. The van der Waals surface area contributed by atoms with Crippen LogP contribution in [0, 0.1) is 11.3 Å². The van der Waals surface area contributed by atoms with Gasteiger partial charge in [-0.2, -0.15) is 0 Å². The summed E-state index contributed by atoms with van der Waals surface area (Å²) in [7, 11) is -3.61. The summed E-state index contributed by atoms with van der Waals surface area (Å²) in [5.41, 5.74) is 0.190. The maximum Gasteiger partial charge on any atom is 0.240 e. The maximum atomic E-state index is 12.2. The first-order valence-corrected chi connectivity index (χ1v) is 10.0. The lowest BCUT2D eigenvalue weighted by molar-refractivity contribution is -0.123. The average molecular weight is 408 g/mol. The monoisotopic (exact) mass is 407 g/mol. The molecule has 1 unspecified atom stereocenters. The number of halogens is 2. The van der Waals surface area contributed by atoms with Gasteiger partial charge in [0.2, 0.25) is 15.9 Å². The van der Waals surface area contributed by atoms with Gasteiger partial charge in [-0.25, -0.2) is 13.1 Å². The van der Waals surface area contributed by atoms with Crippen molar-refractivity contribution in [3.63, 3.8) is 0 Å². The smallest absolute Gasteiger partial charge is 0.240 e. The molecule has 1 amide bonds. The lowest BCUT2D eigenvalue weighted by Gasteiger charge is -2.23. The van der Waals surface area contributed by atoms with Crippen LogP contribution in [0.4, 0.5) is 0 Å². The van der Waals surface area contributed by atoms with Gasteiger partial charge < -0.3 is 10.6 Å². The first-order chi connectivity index (χ1) is 11.4. The Morgan fingerprint density at radius 3 is 2.68 bits per heavy atom. The lowest BCUT2D eigenvalue weighted by atomic mass is 9.92. The first-order valence-electron chi connectivity index (χ1n) is 8.17. The van der Waals surface area contributed by atoms with Crippen LogP contribution in [0.5, 0.6) is 0 Å². The van der Waals surface area contributed by atoms with Crippen molar-refractivity contribution in [1.29, 1.82) is 0 Å². The highest BCUT2D eigenvalue weighted by atomic mass is 35.5. The summed E-state index contributed by atoms with van der Waals surface area (Å²) in [6.45, 7) is 2.39. The zero-order chi connectivity index (χ0) is 17.2. The predicted molar refractivity (Wildman–Crippen MR) is 99.5 cm³/mol. The Kier molecular flexibility index (Phi) is 6.73. The highest BCUT2D eigenvalue weighted by Crippen LogP contribution is 2.58. The van der Waals surface area contributed by atoms with Crippen molar-refractivity contribution in [3.8, 4) is 0 Å². The molecule has 3 N–H and O–H groups in total. The molecule has 1 spiro atoms. The molecule has 3 rings (SSSR count). The molecule has 1 saturated heterocycles. The number of piperidine rings is 1. The van der Waals surface area contributed by atoms with E-state index in [9.17, 15) is 13.2 Å². The molecule has 1 aromatic carbocycles. The van der Waals surface area contributed by atoms with Crippen LogP contribution in [0.15, 0.2) is 29.2 Å². The van der Waals surface area contributed by atoms with Crippen molar-refractivity contribution in [1.82, 2.24) is 15.4 Å². The summed E-state index contributed by atoms with van der Waals surface area (Å²) < 4.78 is 26.7. The number of sulfonamides is 1. The van der Waals surface area contributed by atoms with Crippen LogP contribution in [0.2, 0.25) is 5.02 Å². The number of nitrogens with one attached hydrogen (secondary N) is 3. The third-order valence-electron chi connectivity index (χ3n) is 4.93. The fraction of sp³-hybridized carbons (Fsp3) is 0.562. The Labute approximate surface area is 159 Å².